The summed E-state index contributed by atoms with van der Waals surface area (Å²) in [4.78, 5) is 24.5. The highest BCUT2D eigenvalue weighted by Crippen LogP contribution is 2.28. The molecule has 0 bridgehead atoms. The third-order valence-electron chi connectivity index (χ3n) is 4.55. The molecule has 2 rings (SSSR count). The Hall–Kier alpha value is -3.11. The van der Waals surface area contributed by atoms with Gasteiger partial charge in [-0.15, -0.1) is 0 Å². The van der Waals surface area contributed by atoms with Crippen molar-refractivity contribution in [3.8, 4) is 5.75 Å². The van der Waals surface area contributed by atoms with Crippen LogP contribution in [-0.2, 0) is 14.8 Å². The van der Waals surface area contributed by atoms with Gasteiger partial charge in [0.25, 0.3) is 5.91 Å². The lowest BCUT2D eigenvalue weighted by molar-refractivity contribution is -0.114. The van der Waals surface area contributed by atoms with Gasteiger partial charge in [0, 0.05) is 37.1 Å². The monoisotopic (exact) mass is 462 g/mol. The number of methoxy groups -OCH3 is 1. The minimum atomic E-state index is -3.75. The van der Waals surface area contributed by atoms with Crippen LogP contribution < -0.4 is 20.7 Å². The van der Waals surface area contributed by atoms with E-state index in [4.69, 9.17) is 4.74 Å². The molecule has 32 heavy (non-hydrogen) atoms. The van der Waals surface area contributed by atoms with E-state index in [1.54, 1.807) is 24.3 Å². The number of ether oxygens (including phenoxy) is 1. The number of hydrogen-bond donors (Lipinski definition) is 3. The van der Waals surface area contributed by atoms with E-state index in [1.807, 2.05) is 20.8 Å². The van der Waals surface area contributed by atoms with E-state index in [0.29, 0.717) is 16.9 Å². The zero-order valence-electron chi connectivity index (χ0n) is 19.1. The lowest BCUT2D eigenvalue weighted by Crippen LogP contribution is -2.30. The fourth-order valence-electron chi connectivity index (χ4n) is 2.88. The Kier molecular flexibility index (Phi) is 8.23. The van der Waals surface area contributed by atoms with E-state index in [1.165, 1.54) is 33.3 Å². The Morgan fingerprint density at radius 3 is 2.34 bits per heavy atom. The first-order chi connectivity index (χ1) is 14.9. The van der Waals surface area contributed by atoms with Crippen LogP contribution in [-0.4, -0.2) is 58.3 Å². The maximum absolute atomic E-state index is 12.5. The number of carbonyl (C=O) groups excluding carboxylic acids is 2. The molecule has 0 aliphatic carbocycles. The summed E-state index contributed by atoms with van der Waals surface area (Å²) >= 11 is 0. The number of carbonyl (C=O) groups is 2. The van der Waals surface area contributed by atoms with Crippen LogP contribution in [0.4, 0.5) is 11.4 Å². The second-order valence-electron chi connectivity index (χ2n) is 7.71. The highest BCUT2D eigenvalue weighted by atomic mass is 32.2. The van der Waals surface area contributed by atoms with E-state index >= 15 is 0 Å². The first-order valence-electron chi connectivity index (χ1n) is 10.0. The molecule has 0 aliphatic heterocycles. The van der Waals surface area contributed by atoms with Crippen LogP contribution in [0.1, 0.15) is 29.8 Å². The van der Waals surface area contributed by atoms with Crippen LogP contribution in [0.25, 0.3) is 0 Å². The lowest BCUT2D eigenvalue weighted by Gasteiger charge is -2.16. The van der Waals surface area contributed by atoms with E-state index < -0.39 is 10.0 Å². The van der Waals surface area contributed by atoms with Crippen LogP contribution in [0.5, 0.6) is 5.75 Å². The Bertz CT molecular complexity index is 1100. The molecule has 174 valence electrons. The number of nitrogens with one attached hydrogen (secondary N) is 3. The van der Waals surface area contributed by atoms with Crippen molar-refractivity contribution in [1.29, 1.82) is 0 Å². The van der Waals surface area contributed by atoms with Gasteiger partial charge in [-0.05, 0) is 62.7 Å². The van der Waals surface area contributed by atoms with Crippen molar-refractivity contribution in [3.63, 3.8) is 0 Å². The van der Waals surface area contributed by atoms with Crippen molar-refractivity contribution in [2.75, 3.05) is 38.4 Å². The number of benzene rings is 2. The molecule has 0 spiro atoms. The quantitative estimate of drug-likeness (QED) is 0.527. The molecule has 2 amide bonds. The molecular weight excluding hydrogens is 432 g/mol. The fraction of sp³-hybridized carbons (Fsp3) is 0.364. The summed E-state index contributed by atoms with van der Waals surface area (Å²) in [5.41, 5.74) is 2.40. The van der Waals surface area contributed by atoms with Crippen LogP contribution in [0.15, 0.2) is 41.3 Å². The molecule has 2 aromatic rings. The van der Waals surface area contributed by atoms with Crippen molar-refractivity contribution in [1.82, 2.24) is 9.62 Å². The number of rotatable bonds is 9. The Morgan fingerprint density at radius 2 is 1.78 bits per heavy atom. The van der Waals surface area contributed by atoms with Gasteiger partial charge in [-0.1, -0.05) is 0 Å². The van der Waals surface area contributed by atoms with Crippen LogP contribution in [0.2, 0.25) is 0 Å². The standard InChI is InChI=1S/C22H30N4O5S/c1-14(2)24-22(28)16-7-9-18(15(3)11-16)23-13-21(27)25-17-8-10-19(31-6)20(12-17)32(29,30)26(4)5/h7-12,14,23H,13H2,1-6H3,(H,24,28)(H,25,27). The summed E-state index contributed by atoms with van der Waals surface area (Å²) in [6, 6.07) is 9.64. The van der Waals surface area contributed by atoms with Crippen molar-refractivity contribution >= 4 is 33.2 Å². The third-order valence-corrected chi connectivity index (χ3v) is 6.39. The highest BCUT2D eigenvalue weighted by molar-refractivity contribution is 7.89. The Morgan fingerprint density at radius 1 is 1.09 bits per heavy atom. The zero-order chi connectivity index (χ0) is 24.1. The second-order valence-corrected chi connectivity index (χ2v) is 9.83. The summed E-state index contributed by atoms with van der Waals surface area (Å²) in [6.07, 6.45) is 0. The summed E-state index contributed by atoms with van der Waals surface area (Å²) in [7, 11) is 0.474. The van der Waals surface area contributed by atoms with Crippen molar-refractivity contribution < 1.29 is 22.7 Å². The van der Waals surface area contributed by atoms with Gasteiger partial charge in [0.05, 0.1) is 13.7 Å². The number of hydrogen-bond acceptors (Lipinski definition) is 6. The molecule has 2 aromatic carbocycles. The predicted octanol–water partition coefficient (Wildman–Crippen LogP) is 2.44. The van der Waals surface area contributed by atoms with E-state index in [9.17, 15) is 18.0 Å². The van der Waals surface area contributed by atoms with E-state index in [0.717, 1.165) is 9.87 Å². The van der Waals surface area contributed by atoms with Gasteiger partial charge in [-0.2, -0.15) is 0 Å². The first kappa shape index (κ1) is 25.2. The Labute approximate surface area is 189 Å². The van der Waals surface area contributed by atoms with Crippen molar-refractivity contribution in [2.45, 2.75) is 31.7 Å². The maximum atomic E-state index is 12.5. The molecule has 0 heterocycles. The molecule has 0 saturated carbocycles. The third kappa shape index (κ3) is 6.21. The number of amides is 2. The molecule has 0 unspecified atom stereocenters. The number of aryl methyl sites for hydroxylation is 1. The lowest BCUT2D eigenvalue weighted by atomic mass is 10.1. The smallest absolute Gasteiger partial charge is 0.251 e. The molecule has 0 aliphatic rings. The van der Waals surface area contributed by atoms with Gasteiger partial charge in [-0.25, -0.2) is 12.7 Å². The first-order valence-corrected chi connectivity index (χ1v) is 11.5. The highest BCUT2D eigenvalue weighted by Gasteiger charge is 2.23. The van der Waals surface area contributed by atoms with E-state index in [2.05, 4.69) is 16.0 Å². The summed E-state index contributed by atoms with van der Waals surface area (Å²) in [6.45, 7) is 5.58. The molecule has 0 fully saturated rings. The average molecular weight is 463 g/mol. The second kappa shape index (κ2) is 10.5. The topological polar surface area (TPSA) is 117 Å². The average Bonchev–Trinajstić information content (AvgIpc) is 2.72. The molecule has 9 nitrogen and oxygen atoms in total. The van der Waals surface area contributed by atoms with Gasteiger partial charge < -0.3 is 20.7 Å². The maximum Gasteiger partial charge on any atom is 0.251 e. The fourth-order valence-corrected chi connectivity index (χ4v) is 3.96. The zero-order valence-corrected chi connectivity index (χ0v) is 20.0. The molecule has 0 saturated heterocycles. The number of nitrogens with zero attached hydrogens (tertiary/aromatic N) is 1. The summed E-state index contributed by atoms with van der Waals surface area (Å²) in [5.74, 6) is -0.327. The van der Waals surface area contributed by atoms with Gasteiger partial charge in [-0.3, -0.25) is 9.59 Å². The molecular formula is C22H30N4O5S. The van der Waals surface area contributed by atoms with Crippen LogP contribution in [0, 0.1) is 6.92 Å². The SMILES string of the molecule is COc1ccc(NC(=O)CNc2ccc(C(=O)NC(C)C)cc2C)cc1S(=O)(=O)N(C)C. The van der Waals surface area contributed by atoms with Crippen LogP contribution in [0.3, 0.4) is 0 Å². The van der Waals surface area contributed by atoms with Gasteiger partial charge in [0.2, 0.25) is 15.9 Å². The van der Waals surface area contributed by atoms with Crippen LogP contribution >= 0.6 is 0 Å². The summed E-state index contributed by atoms with van der Waals surface area (Å²) in [5, 5.41) is 8.55. The van der Waals surface area contributed by atoms with Gasteiger partial charge in [0.1, 0.15) is 10.6 Å². The summed E-state index contributed by atoms with van der Waals surface area (Å²) < 4.78 is 31.3. The predicted molar refractivity (Wildman–Crippen MR) is 125 cm³/mol. The van der Waals surface area contributed by atoms with Gasteiger partial charge >= 0.3 is 0 Å². The Balaban J connectivity index is 2.08. The van der Waals surface area contributed by atoms with Gasteiger partial charge in [0.15, 0.2) is 0 Å². The number of sulfonamides is 1. The van der Waals surface area contributed by atoms with Crippen molar-refractivity contribution in [3.05, 3.63) is 47.5 Å². The molecule has 3 N–H and O–H groups in total. The number of anilines is 2. The molecule has 0 radical (unpaired) electrons. The normalized spacial score (nSPS) is 11.4. The molecule has 10 heteroatoms. The molecule has 0 aromatic heterocycles. The van der Waals surface area contributed by atoms with Crippen molar-refractivity contribution in [2.24, 2.45) is 0 Å². The van der Waals surface area contributed by atoms with E-state index in [-0.39, 0.29) is 35.0 Å². The largest absolute Gasteiger partial charge is 0.495 e. The minimum absolute atomic E-state index is 0.0375. The molecule has 0 atom stereocenters. The minimum Gasteiger partial charge on any atom is -0.495 e.